The van der Waals surface area contributed by atoms with Crippen molar-refractivity contribution in [1.29, 1.82) is 0 Å². The zero-order chi connectivity index (χ0) is 28.4. The molecule has 1 aromatic heterocycles. The molecular formula is C23H22F6N4O4S. The second-order valence-electron chi connectivity index (χ2n) is 9.47. The average Bonchev–Trinajstić information content (AvgIpc) is 3.08. The van der Waals surface area contributed by atoms with Crippen LogP contribution in [0.1, 0.15) is 49.3 Å². The Hall–Kier alpha value is -3.49. The van der Waals surface area contributed by atoms with Crippen LogP contribution in [0.2, 0.25) is 0 Å². The fraction of sp³-hybridized carbons (Fsp3) is 0.391. The van der Waals surface area contributed by atoms with Gasteiger partial charge in [0.05, 0.1) is 17.1 Å². The third kappa shape index (κ3) is 5.24. The first-order valence-corrected chi connectivity index (χ1v) is 12.5. The van der Waals surface area contributed by atoms with Gasteiger partial charge in [0.2, 0.25) is 0 Å². The normalized spacial score (nSPS) is 16.2. The van der Waals surface area contributed by atoms with E-state index in [0.717, 1.165) is 18.2 Å². The largest absolute Gasteiger partial charge is 0.534 e. The van der Waals surface area contributed by atoms with Crippen LogP contribution in [0, 0.1) is 6.92 Å². The first-order valence-electron chi connectivity index (χ1n) is 11.1. The fourth-order valence-corrected chi connectivity index (χ4v) is 4.59. The number of ether oxygens (including phenoxy) is 1. The van der Waals surface area contributed by atoms with Crippen molar-refractivity contribution in [3.05, 3.63) is 46.8 Å². The lowest BCUT2D eigenvalue weighted by Crippen LogP contribution is -2.28. The molecule has 0 radical (unpaired) electrons. The molecule has 0 amide bonds. The summed E-state index contributed by atoms with van der Waals surface area (Å²) in [5.41, 5.74) is -1.34. The number of nitrogens with two attached hydrogens (primary N) is 1. The third-order valence-electron chi connectivity index (χ3n) is 5.74. The molecule has 0 saturated carbocycles. The molecule has 0 bridgehead atoms. The Bertz CT molecular complexity index is 1540. The summed E-state index contributed by atoms with van der Waals surface area (Å²) in [5.74, 6) is -0.670. The highest BCUT2D eigenvalue weighted by Crippen LogP contribution is 2.48. The summed E-state index contributed by atoms with van der Waals surface area (Å²) in [5, 5.41) is 3.02. The van der Waals surface area contributed by atoms with Crippen LogP contribution in [0.25, 0.3) is 10.9 Å². The molecule has 1 aliphatic rings. The van der Waals surface area contributed by atoms with Gasteiger partial charge in [-0.1, -0.05) is 0 Å². The SMILES string of the molecule is Cc1nc(NC(C)c2cc(N)cc(C(F)(F)F)c2)c2cc(OS(=O)(=O)C(F)(F)F)c3c(c2n1)CC(C)(C)O3. The lowest BCUT2D eigenvalue weighted by molar-refractivity contribution is -0.137. The molecule has 1 atom stereocenters. The molecule has 15 heteroatoms. The van der Waals surface area contributed by atoms with Gasteiger partial charge in [-0.2, -0.15) is 34.8 Å². The number of nitrogen functional groups attached to an aromatic ring is 1. The Morgan fingerprint density at radius 3 is 2.37 bits per heavy atom. The number of aryl methyl sites for hydroxylation is 1. The first-order chi connectivity index (χ1) is 17.3. The van der Waals surface area contributed by atoms with E-state index in [1.54, 1.807) is 20.8 Å². The van der Waals surface area contributed by atoms with Gasteiger partial charge in [-0.25, -0.2) is 9.97 Å². The second-order valence-corrected chi connectivity index (χ2v) is 11.0. The van der Waals surface area contributed by atoms with Crippen LogP contribution < -0.4 is 20.0 Å². The molecule has 1 unspecified atom stereocenters. The molecule has 0 aliphatic carbocycles. The molecule has 1 aliphatic heterocycles. The van der Waals surface area contributed by atoms with Gasteiger partial charge in [0.15, 0.2) is 11.5 Å². The number of halogens is 6. The van der Waals surface area contributed by atoms with Gasteiger partial charge < -0.3 is 20.0 Å². The van der Waals surface area contributed by atoms with Crippen molar-refractivity contribution in [2.75, 3.05) is 11.1 Å². The minimum Gasteiger partial charge on any atom is -0.483 e. The van der Waals surface area contributed by atoms with Crippen molar-refractivity contribution >= 4 is 32.5 Å². The Morgan fingerprint density at radius 1 is 1.11 bits per heavy atom. The van der Waals surface area contributed by atoms with Crippen LogP contribution in [-0.4, -0.2) is 29.5 Å². The molecule has 4 rings (SSSR count). The third-order valence-corrected chi connectivity index (χ3v) is 6.70. The fourth-order valence-electron chi connectivity index (χ4n) is 4.13. The van der Waals surface area contributed by atoms with Crippen LogP contribution >= 0.6 is 0 Å². The summed E-state index contributed by atoms with van der Waals surface area (Å²) in [7, 11) is -6.05. The van der Waals surface area contributed by atoms with Crippen LogP contribution in [0.3, 0.4) is 0 Å². The zero-order valence-electron chi connectivity index (χ0n) is 20.4. The molecule has 3 aromatic rings. The molecule has 0 saturated heterocycles. The highest BCUT2D eigenvalue weighted by atomic mass is 32.2. The molecule has 8 nitrogen and oxygen atoms in total. The maximum absolute atomic E-state index is 13.3. The average molecular weight is 565 g/mol. The number of aromatic nitrogens is 2. The van der Waals surface area contributed by atoms with Crippen LogP contribution in [-0.2, 0) is 22.7 Å². The Kier molecular flexibility index (Phi) is 6.36. The van der Waals surface area contributed by atoms with E-state index in [0.29, 0.717) is 5.56 Å². The van der Waals surface area contributed by atoms with Crippen LogP contribution in [0.4, 0.5) is 37.8 Å². The van der Waals surface area contributed by atoms with Crippen molar-refractivity contribution in [3.8, 4) is 11.5 Å². The van der Waals surface area contributed by atoms with Gasteiger partial charge in [-0.05, 0) is 57.5 Å². The van der Waals surface area contributed by atoms with Gasteiger partial charge in [0.1, 0.15) is 17.2 Å². The Balaban J connectivity index is 1.87. The Labute approximate surface area is 213 Å². The first kappa shape index (κ1) is 27.5. The van der Waals surface area contributed by atoms with E-state index in [-0.39, 0.29) is 46.0 Å². The number of fused-ring (bicyclic) bond motifs is 3. The number of benzene rings is 2. The Morgan fingerprint density at radius 2 is 1.76 bits per heavy atom. The number of anilines is 2. The highest BCUT2D eigenvalue weighted by molar-refractivity contribution is 7.88. The summed E-state index contributed by atoms with van der Waals surface area (Å²) >= 11 is 0. The maximum Gasteiger partial charge on any atom is 0.534 e. The summed E-state index contributed by atoms with van der Waals surface area (Å²) < 4.78 is 113. The molecule has 2 heterocycles. The minimum atomic E-state index is -6.05. The van der Waals surface area contributed by atoms with Gasteiger partial charge in [-0.3, -0.25) is 0 Å². The van der Waals surface area contributed by atoms with Gasteiger partial charge in [0, 0.05) is 23.1 Å². The van der Waals surface area contributed by atoms with Crippen molar-refractivity contribution in [1.82, 2.24) is 9.97 Å². The number of alkyl halides is 6. The van der Waals surface area contributed by atoms with E-state index in [1.165, 1.54) is 13.0 Å². The highest BCUT2D eigenvalue weighted by Gasteiger charge is 2.49. The molecule has 206 valence electrons. The molecule has 2 aromatic carbocycles. The predicted octanol–water partition coefficient (Wildman–Crippen LogP) is 5.65. The number of hydrogen-bond acceptors (Lipinski definition) is 8. The maximum atomic E-state index is 13.3. The van der Waals surface area contributed by atoms with Crippen molar-refractivity contribution in [3.63, 3.8) is 0 Å². The lowest BCUT2D eigenvalue weighted by atomic mass is 9.98. The smallest absolute Gasteiger partial charge is 0.483 e. The quantitative estimate of drug-likeness (QED) is 0.177. The zero-order valence-corrected chi connectivity index (χ0v) is 21.2. The van der Waals surface area contributed by atoms with E-state index in [9.17, 15) is 34.8 Å². The van der Waals surface area contributed by atoms with E-state index < -0.39 is 44.8 Å². The molecule has 0 spiro atoms. The molecule has 0 fully saturated rings. The summed E-state index contributed by atoms with van der Waals surface area (Å²) in [6, 6.07) is 3.20. The van der Waals surface area contributed by atoms with E-state index in [2.05, 4.69) is 19.5 Å². The molecule has 3 N–H and O–H groups in total. The number of hydrogen-bond donors (Lipinski definition) is 2. The van der Waals surface area contributed by atoms with Crippen molar-refractivity contribution in [2.24, 2.45) is 0 Å². The summed E-state index contributed by atoms with van der Waals surface area (Å²) in [6.07, 6.45) is -4.50. The molecule has 38 heavy (non-hydrogen) atoms. The topological polar surface area (TPSA) is 116 Å². The number of rotatable bonds is 5. The van der Waals surface area contributed by atoms with E-state index in [4.69, 9.17) is 10.5 Å². The van der Waals surface area contributed by atoms with Crippen molar-refractivity contribution in [2.45, 2.75) is 57.4 Å². The summed E-state index contributed by atoms with van der Waals surface area (Å²) in [6.45, 7) is 6.37. The van der Waals surface area contributed by atoms with Crippen molar-refractivity contribution < 1.29 is 43.7 Å². The minimum absolute atomic E-state index is 0.0257. The van der Waals surface area contributed by atoms with Gasteiger partial charge in [0.25, 0.3) is 0 Å². The van der Waals surface area contributed by atoms with Gasteiger partial charge >= 0.3 is 21.8 Å². The van der Waals surface area contributed by atoms with Crippen LogP contribution in [0.5, 0.6) is 11.5 Å². The predicted molar refractivity (Wildman–Crippen MR) is 126 cm³/mol. The monoisotopic (exact) mass is 564 g/mol. The number of nitrogens with zero attached hydrogens (tertiary/aromatic N) is 2. The lowest BCUT2D eigenvalue weighted by Gasteiger charge is -2.20. The molecular weight excluding hydrogens is 542 g/mol. The van der Waals surface area contributed by atoms with Gasteiger partial charge in [-0.15, -0.1) is 0 Å². The standard InChI is InChI=1S/C23H22F6N4O4S/c1-10(12-5-13(22(24,25)26)7-14(30)6-12)31-20-15-8-17(37-38(34,35)23(27,28)29)19-16(9-21(3,4)36-19)18(15)32-11(2)33-20/h5-8,10H,9,30H2,1-4H3,(H,31,32,33). The van der Waals surface area contributed by atoms with E-state index in [1.807, 2.05) is 0 Å². The number of nitrogens with one attached hydrogen (secondary N) is 1. The van der Waals surface area contributed by atoms with Crippen LogP contribution in [0.15, 0.2) is 24.3 Å². The second kappa shape index (κ2) is 8.78. The summed E-state index contributed by atoms with van der Waals surface area (Å²) in [4.78, 5) is 8.64. The van der Waals surface area contributed by atoms with E-state index >= 15 is 0 Å².